The van der Waals surface area contributed by atoms with Gasteiger partial charge in [-0.2, -0.15) is 0 Å². The summed E-state index contributed by atoms with van der Waals surface area (Å²) in [5, 5.41) is 9.53. The molecule has 0 fully saturated rings. The van der Waals surface area contributed by atoms with E-state index in [4.69, 9.17) is 14.2 Å². The van der Waals surface area contributed by atoms with Crippen LogP contribution >= 0.6 is 0 Å². The molecule has 0 saturated carbocycles. The highest BCUT2D eigenvalue weighted by atomic mass is 16.7. The molecular formula is C14H20O5. The molecule has 0 amide bonds. The number of hydrogen-bond acceptors (Lipinski definition) is 5. The highest BCUT2D eigenvalue weighted by molar-refractivity contribution is 5.64. The first-order valence-corrected chi connectivity index (χ1v) is 6.03. The lowest BCUT2D eigenvalue weighted by molar-refractivity contribution is 0.0886. The van der Waals surface area contributed by atoms with Crippen LogP contribution in [0.2, 0.25) is 0 Å². The highest BCUT2D eigenvalue weighted by Crippen LogP contribution is 2.29. The summed E-state index contributed by atoms with van der Waals surface area (Å²) in [7, 11) is 1.44. The van der Waals surface area contributed by atoms with Crippen LogP contribution in [0.5, 0.6) is 17.2 Å². The van der Waals surface area contributed by atoms with E-state index in [-0.39, 0.29) is 16.9 Å². The second-order valence-corrected chi connectivity index (χ2v) is 5.34. The summed E-state index contributed by atoms with van der Waals surface area (Å²) in [5.74, 6) is 0.426. The first-order valence-electron chi connectivity index (χ1n) is 6.03. The predicted octanol–water partition coefficient (Wildman–Crippen LogP) is 3.35. The average molecular weight is 268 g/mol. The van der Waals surface area contributed by atoms with Crippen LogP contribution in [-0.4, -0.2) is 25.0 Å². The second-order valence-electron chi connectivity index (χ2n) is 5.34. The second kappa shape index (κ2) is 6.31. The Bertz CT molecular complexity index is 434. The van der Waals surface area contributed by atoms with Crippen molar-refractivity contribution in [3.63, 3.8) is 0 Å². The molecule has 0 spiro atoms. The Morgan fingerprint density at radius 1 is 1.32 bits per heavy atom. The lowest BCUT2D eigenvalue weighted by Gasteiger charge is -2.17. The monoisotopic (exact) mass is 268 g/mol. The van der Waals surface area contributed by atoms with Crippen molar-refractivity contribution in [2.75, 3.05) is 13.7 Å². The Balaban J connectivity index is 2.46. The van der Waals surface area contributed by atoms with Gasteiger partial charge in [0.15, 0.2) is 11.5 Å². The van der Waals surface area contributed by atoms with Crippen molar-refractivity contribution in [3.8, 4) is 17.2 Å². The van der Waals surface area contributed by atoms with Crippen LogP contribution in [0.1, 0.15) is 27.2 Å². The van der Waals surface area contributed by atoms with Gasteiger partial charge >= 0.3 is 6.16 Å². The molecule has 0 radical (unpaired) electrons. The smallest absolute Gasteiger partial charge is 0.504 e. The number of benzene rings is 1. The van der Waals surface area contributed by atoms with Gasteiger partial charge in [-0.3, -0.25) is 0 Å². The standard InChI is InChI=1S/C14H20O5/c1-14(2,3)7-8-18-13(16)19-10-5-6-12(17-4)11(15)9-10/h5-6,9,15H,7-8H2,1-4H3. The zero-order valence-corrected chi connectivity index (χ0v) is 11.7. The normalized spacial score (nSPS) is 10.9. The zero-order valence-electron chi connectivity index (χ0n) is 11.7. The Kier molecular flexibility index (Phi) is 5.03. The van der Waals surface area contributed by atoms with E-state index < -0.39 is 6.16 Å². The third-order valence-corrected chi connectivity index (χ3v) is 2.42. The van der Waals surface area contributed by atoms with Crippen molar-refractivity contribution in [2.24, 2.45) is 5.41 Å². The van der Waals surface area contributed by atoms with E-state index in [1.807, 2.05) is 0 Å². The van der Waals surface area contributed by atoms with Gasteiger partial charge in [0, 0.05) is 6.07 Å². The zero-order chi connectivity index (χ0) is 14.5. The van der Waals surface area contributed by atoms with Gasteiger partial charge in [0.1, 0.15) is 5.75 Å². The number of ether oxygens (including phenoxy) is 3. The van der Waals surface area contributed by atoms with Gasteiger partial charge in [-0.1, -0.05) is 20.8 Å². The quantitative estimate of drug-likeness (QED) is 0.670. The number of aromatic hydroxyl groups is 1. The van der Waals surface area contributed by atoms with Crippen molar-refractivity contribution in [1.29, 1.82) is 0 Å². The molecule has 0 bridgehead atoms. The van der Waals surface area contributed by atoms with Gasteiger partial charge in [-0.15, -0.1) is 0 Å². The molecule has 1 N–H and O–H groups in total. The van der Waals surface area contributed by atoms with Crippen LogP contribution in [0, 0.1) is 5.41 Å². The SMILES string of the molecule is COc1ccc(OC(=O)OCCC(C)(C)C)cc1O. The summed E-state index contributed by atoms with van der Waals surface area (Å²) in [6.45, 7) is 6.47. The minimum Gasteiger partial charge on any atom is -0.504 e. The van der Waals surface area contributed by atoms with E-state index in [0.717, 1.165) is 6.42 Å². The summed E-state index contributed by atoms with van der Waals surface area (Å²) in [6.07, 6.45) is -0.0375. The number of phenols is 1. The van der Waals surface area contributed by atoms with E-state index in [1.165, 1.54) is 25.3 Å². The van der Waals surface area contributed by atoms with Gasteiger partial charge in [-0.25, -0.2) is 4.79 Å². The van der Waals surface area contributed by atoms with Crippen LogP contribution in [0.15, 0.2) is 18.2 Å². The fourth-order valence-electron chi connectivity index (χ4n) is 1.30. The van der Waals surface area contributed by atoms with Crippen LogP contribution in [0.25, 0.3) is 0 Å². The summed E-state index contributed by atoms with van der Waals surface area (Å²) in [5.41, 5.74) is 0.0959. The van der Waals surface area contributed by atoms with E-state index in [0.29, 0.717) is 12.4 Å². The fraction of sp³-hybridized carbons (Fsp3) is 0.500. The maximum atomic E-state index is 11.4. The molecule has 106 valence electrons. The minimum atomic E-state index is -0.784. The molecule has 0 aliphatic carbocycles. The molecule has 1 aromatic carbocycles. The number of carbonyl (C=O) groups is 1. The predicted molar refractivity (Wildman–Crippen MR) is 70.7 cm³/mol. The Labute approximate surface area is 113 Å². The Morgan fingerprint density at radius 3 is 2.53 bits per heavy atom. The van der Waals surface area contributed by atoms with Crippen molar-refractivity contribution in [2.45, 2.75) is 27.2 Å². The number of methoxy groups -OCH3 is 1. The molecule has 5 nitrogen and oxygen atoms in total. The number of hydrogen-bond donors (Lipinski definition) is 1. The molecular weight excluding hydrogens is 248 g/mol. The Hall–Kier alpha value is -1.91. The molecule has 5 heteroatoms. The number of rotatable bonds is 4. The molecule has 0 aliphatic rings. The van der Waals surface area contributed by atoms with E-state index in [1.54, 1.807) is 0 Å². The topological polar surface area (TPSA) is 65.0 Å². The van der Waals surface area contributed by atoms with Gasteiger partial charge in [0.05, 0.1) is 13.7 Å². The van der Waals surface area contributed by atoms with Gasteiger partial charge < -0.3 is 19.3 Å². The molecule has 0 aliphatic heterocycles. The summed E-state index contributed by atoms with van der Waals surface area (Å²) in [6, 6.07) is 4.32. The molecule has 0 unspecified atom stereocenters. The molecule has 0 saturated heterocycles. The van der Waals surface area contributed by atoms with Gasteiger partial charge in [0.2, 0.25) is 0 Å². The highest BCUT2D eigenvalue weighted by Gasteiger charge is 2.13. The number of phenolic OH excluding ortho intramolecular Hbond substituents is 1. The van der Waals surface area contributed by atoms with Crippen LogP contribution < -0.4 is 9.47 Å². The van der Waals surface area contributed by atoms with Crippen LogP contribution in [0.3, 0.4) is 0 Å². The van der Waals surface area contributed by atoms with Crippen molar-refractivity contribution >= 4 is 6.16 Å². The van der Waals surface area contributed by atoms with Crippen molar-refractivity contribution in [3.05, 3.63) is 18.2 Å². The molecule has 19 heavy (non-hydrogen) atoms. The summed E-state index contributed by atoms with van der Waals surface area (Å²) >= 11 is 0. The lowest BCUT2D eigenvalue weighted by Crippen LogP contribution is -2.15. The molecule has 0 atom stereocenters. The third-order valence-electron chi connectivity index (χ3n) is 2.42. The fourth-order valence-corrected chi connectivity index (χ4v) is 1.30. The number of carbonyl (C=O) groups excluding carboxylic acids is 1. The first-order chi connectivity index (χ1) is 8.81. The molecule has 0 aromatic heterocycles. The average Bonchev–Trinajstić information content (AvgIpc) is 2.27. The van der Waals surface area contributed by atoms with Crippen molar-refractivity contribution < 1.29 is 24.1 Å². The maximum absolute atomic E-state index is 11.4. The van der Waals surface area contributed by atoms with Gasteiger partial charge in [-0.05, 0) is 24.0 Å². The Morgan fingerprint density at radius 2 is 2.00 bits per heavy atom. The van der Waals surface area contributed by atoms with Crippen LogP contribution in [0.4, 0.5) is 4.79 Å². The van der Waals surface area contributed by atoms with E-state index in [2.05, 4.69) is 20.8 Å². The largest absolute Gasteiger partial charge is 0.513 e. The molecule has 1 rings (SSSR count). The molecule has 1 aromatic rings. The van der Waals surface area contributed by atoms with Crippen LogP contribution in [-0.2, 0) is 4.74 Å². The minimum absolute atomic E-state index is 0.0949. The third kappa shape index (κ3) is 5.50. The summed E-state index contributed by atoms with van der Waals surface area (Å²) in [4.78, 5) is 11.4. The van der Waals surface area contributed by atoms with Gasteiger partial charge in [0.25, 0.3) is 0 Å². The first kappa shape index (κ1) is 15.1. The van der Waals surface area contributed by atoms with Crippen molar-refractivity contribution in [1.82, 2.24) is 0 Å². The lowest BCUT2D eigenvalue weighted by atomic mass is 9.93. The maximum Gasteiger partial charge on any atom is 0.513 e. The summed E-state index contributed by atoms with van der Waals surface area (Å²) < 4.78 is 14.8. The van der Waals surface area contributed by atoms with E-state index >= 15 is 0 Å². The molecule has 0 heterocycles. The van der Waals surface area contributed by atoms with E-state index in [9.17, 15) is 9.90 Å².